The summed E-state index contributed by atoms with van der Waals surface area (Å²) in [6.45, 7) is 1.15. The highest BCUT2D eigenvalue weighted by Gasteiger charge is 2.25. The maximum Gasteiger partial charge on any atom is 0.203 e. The zero-order chi connectivity index (χ0) is 9.10. The first-order valence-electron chi connectivity index (χ1n) is 4.67. The summed E-state index contributed by atoms with van der Waals surface area (Å²) in [6.07, 6.45) is 8.49. The molecule has 1 aromatic heterocycles. The highest BCUT2D eigenvalue weighted by atomic mass is 32.2. The second-order valence-corrected chi connectivity index (χ2v) is 4.27. The minimum atomic E-state index is 0.682. The van der Waals surface area contributed by atoms with Crippen LogP contribution in [0.25, 0.3) is 0 Å². The van der Waals surface area contributed by atoms with Gasteiger partial charge in [-0.25, -0.2) is 4.98 Å². The molecule has 0 amide bonds. The van der Waals surface area contributed by atoms with Gasteiger partial charge >= 0.3 is 0 Å². The molecule has 1 aliphatic heterocycles. The van der Waals surface area contributed by atoms with E-state index in [0.717, 1.165) is 12.5 Å². The van der Waals surface area contributed by atoms with E-state index in [1.54, 1.807) is 0 Å². The van der Waals surface area contributed by atoms with E-state index >= 15 is 0 Å². The zero-order valence-electron chi connectivity index (χ0n) is 7.86. The smallest absolute Gasteiger partial charge is 0.203 e. The number of H-pyrrole nitrogens is 1. The predicted octanol–water partition coefficient (Wildman–Crippen LogP) is 1.74. The quantitative estimate of drug-likeness (QED) is 0.801. The molecule has 2 rings (SSSR count). The highest BCUT2D eigenvalue weighted by molar-refractivity contribution is 7.98. The van der Waals surface area contributed by atoms with Gasteiger partial charge < -0.3 is 9.88 Å². The van der Waals surface area contributed by atoms with Crippen LogP contribution in [0.1, 0.15) is 12.8 Å². The molecule has 0 bridgehead atoms. The summed E-state index contributed by atoms with van der Waals surface area (Å²) in [6, 6.07) is 0.682. The number of anilines is 1. The molecule has 0 radical (unpaired) electrons. The van der Waals surface area contributed by atoms with E-state index in [2.05, 4.69) is 21.1 Å². The fraction of sp³-hybridized carbons (Fsp3) is 0.667. The summed E-state index contributed by atoms with van der Waals surface area (Å²) in [7, 11) is 0. The Morgan fingerprint density at radius 1 is 1.77 bits per heavy atom. The second-order valence-electron chi connectivity index (χ2n) is 3.36. The third-order valence-electron chi connectivity index (χ3n) is 2.49. The van der Waals surface area contributed by atoms with Crippen molar-refractivity contribution >= 4 is 17.7 Å². The summed E-state index contributed by atoms with van der Waals surface area (Å²) in [5.41, 5.74) is 0. The van der Waals surface area contributed by atoms with Gasteiger partial charge in [-0.3, -0.25) is 0 Å². The SMILES string of the molecule is CSCC1CCCN1c1ncc[nH]1. The lowest BCUT2D eigenvalue weighted by molar-refractivity contribution is 0.731. The van der Waals surface area contributed by atoms with E-state index in [-0.39, 0.29) is 0 Å². The van der Waals surface area contributed by atoms with Crippen molar-refractivity contribution in [2.75, 3.05) is 23.5 Å². The Kier molecular flexibility index (Phi) is 2.78. The van der Waals surface area contributed by atoms with Gasteiger partial charge in [0, 0.05) is 30.7 Å². The number of hydrogen-bond donors (Lipinski definition) is 1. The summed E-state index contributed by atoms with van der Waals surface area (Å²) >= 11 is 1.92. The fourth-order valence-corrected chi connectivity index (χ4v) is 2.63. The largest absolute Gasteiger partial charge is 0.339 e. The molecule has 1 saturated heterocycles. The number of aromatic nitrogens is 2. The van der Waals surface area contributed by atoms with Gasteiger partial charge in [0.05, 0.1) is 0 Å². The first-order chi connectivity index (χ1) is 6.42. The molecule has 1 aromatic rings. The van der Waals surface area contributed by atoms with Crippen LogP contribution in [0, 0.1) is 0 Å². The molecule has 0 aromatic carbocycles. The molecule has 0 spiro atoms. The molecule has 13 heavy (non-hydrogen) atoms. The van der Waals surface area contributed by atoms with E-state index in [0.29, 0.717) is 6.04 Å². The van der Waals surface area contributed by atoms with Crippen LogP contribution in [0.3, 0.4) is 0 Å². The number of aromatic amines is 1. The van der Waals surface area contributed by atoms with Crippen molar-refractivity contribution in [1.82, 2.24) is 9.97 Å². The minimum absolute atomic E-state index is 0.682. The second kappa shape index (κ2) is 4.05. The lowest BCUT2D eigenvalue weighted by atomic mass is 10.2. The van der Waals surface area contributed by atoms with E-state index < -0.39 is 0 Å². The maximum absolute atomic E-state index is 4.29. The van der Waals surface area contributed by atoms with Gasteiger partial charge in [0.25, 0.3) is 0 Å². The average molecular weight is 197 g/mol. The zero-order valence-corrected chi connectivity index (χ0v) is 8.68. The normalized spacial score (nSPS) is 22.5. The number of imidazole rings is 1. The third kappa shape index (κ3) is 1.82. The Morgan fingerprint density at radius 2 is 2.69 bits per heavy atom. The Bertz CT molecular complexity index is 247. The first-order valence-corrected chi connectivity index (χ1v) is 6.06. The Morgan fingerprint density at radius 3 is 3.38 bits per heavy atom. The Balaban J connectivity index is 2.05. The van der Waals surface area contributed by atoms with E-state index in [1.165, 1.54) is 18.6 Å². The Labute approximate surface area is 82.9 Å². The van der Waals surface area contributed by atoms with Crippen LogP contribution in [0.2, 0.25) is 0 Å². The summed E-state index contributed by atoms with van der Waals surface area (Å²) in [5, 5.41) is 0. The van der Waals surface area contributed by atoms with Gasteiger partial charge in [-0.2, -0.15) is 11.8 Å². The van der Waals surface area contributed by atoms with E-state index in [1.807, 2.05) is 24.2 Å². The van der Waals surface area contributed by atoms with E-state index in [9.17, 15) is 0 Å². The molecule has 72 valence electrons. The number of nitrogens with zero attached hydrogens (tertiary/aromatic N) is 2. The minimum Gasteiger partial charge on any atom is -0.339 e. The van der Waals surface area contributed by atoms with Crippen LogP contribution >= 0.6 is 11.8 Å². The van der Waals surface area contributed by atoms with Crippen molar-refractivity contribution in [2.45, 2.75) is 18.9 Å². The van der Waals surface area contributed by atoms with Gasteiger partial charge in [-0.15, -0.1) is 0 Å². The Hall–Kier alpha value is -0.640. The van der Waals surface area contributed by atoms with Crippen molar-refractivity contribution < 1.29 is 0 Å². The van der Waals surface area contributed by atoms with Gasteiger partial charge in [0.1, 0.15) is 0 Å². The maximum atomic E-state index is 4.29. The van der Waals surface area contributed by atoms with Gasteiger partial charge in [0.15, 0.2) is 0 Å². The molecular weight excluding hydrogens is 182 g/mol. The first kappa shape index (κ1) is 8.94. The fourth-order valence-electron chi connectivity index (χ4n) is 1.89. The molecule has 0 saturated carbocycles. The summed E-state index contributed by atoms with van der Waals surface area (Å²) in [5.74, 6) is 2.25. The van der Waals surface area contributed by atoms with Crippen molar-refractivity contribution in [3.05, 3.63) is 12.4 Å². The lowest BCUT2D eigenvalue weighted by Gasteiger charge is -2.23. The van der Waals surface area contributed by atoms with Gasteiger partial charge in [-0.05, 0) is 19.1 Å². The molecule has 4 heteroatoms. The molecule has 1 N–H and O–H groups in total. The molecule has 1 aliphatic rings. The van der Waals surface area contributed by atoms with Crippen LogP contribution in [-0.2, 0) is 0 Å². The summed E-state index contributed by atoms with van der Waals surface area (Å²) < 4.78 is 0. The van der Waals surface area contributed by atoms with Crippen LogP contribution < -0.4 is 4.90 Å². The van der Waals surface area contributed by atoms with E-state index in [4.69, 9.17) is 0 Å². The average Bonchev–Trinajstić information content (AvgIpc) is 2.71. The molecule has 3 nitrogen and oxygen atoms in total. The van der Waals surface area contributed by atoms with Crippen LogP contribution in [0.4, 0.5) is 5.95 Å². The number of rotatable bonds is 3. The van der Waals surface area contributed by atoms with Gasteiger partial charge in [-0.1, -0.05) is 0 Å². The third-order valence-corrected chi connectivity index (χ3v) is 3.21. The molecule has 1 atom stereocenters. The van der Waals surface area contributed by atoms with Crippen molar-refractivity contribution in [2.24, 2.45) is 0 Å². The van der Waals surface area contributed by atoms with Crippen molar-refractivity contribution in [3.63, 3.8) is 0 Å². The predicted molar refractivity (Wildman–Crippen MR) is 57.3 cm³/mol. The molecule has 0 aliphatic carbocycles. The van der Waals surface area contributed by atoms with Crippen molar-refractivity contribution in [3.8, 4) is 0 Å². The monoisotopic (exact) mass is 197 g/mol. The lowest BCUT2D eigenvalue weighted by Crippen LogP contribution is -2.31. The number of hydrogen-bond acceptors (Lipinski definition) is 3. The molecule has 2 heterocycles. The summed E-state index contributed by atoms with van der Waals surface area (Å²) in [4.78, 5) is 9.85. The van der Waals surface area contributed by atoms with Crippen molar-refractivity contribution in [1.29, 1.82) is 0 Å². The van der Waals surface area contributed by atoms with Gasteiger partial charge in [0.2, 0.25) is 5.95 Å². The molecule has 1 unspecified atom stereocenters. The molecule has 1 fully saturated rings. The van der Waals surface area contributed by atoms with Crippen LogP contribution in [0.5, 0.6) is 0 Å². The topological polar surface area (TPSA) is 31.9 Å². The van der Waals surface area contributed by atoms with Crippen LogP contribution in [0.15, 0.2) is 12.4 Å². The number of nitrogens with one attached hydrogen (secondary N) is 1. The standard InChI is InChI=1S/C9H15N3S/c1-13-7-8-3-2-6-12(8)9-10-4-5-11-9/h4-5,8H,2-3,6-7H2,1H3,(H,10,11). The number of thioether (sulfide) groups is 1. The van der Waals surface area contributed by atoms with Crippen LogP contribution in [-0.4, -0.2) is 34.6 Å². The molecular formula is C9H15N3S. The highest BCUT2D eigenvalue weighted by Crippen LogP contribution is 2.23.